The summed E-state index contributed by atoms with van der Waals surface area (Å²) in [6.07, 6.45) is 9.08. The number of amides is 1. The number of carbonyl (C=O) groups excluding carboxylic acids is 1. The highest BCUT2D eigenvalue weighted by Gasteiger charge is 2.53. The molecule has 0 aromatic rings. The molecule has 72 heavy (non-hydrogen) atoms. The standard InChI is InChI=1S/C53H99NO18/c1-3-5-7-8-9-10-11-12-13-14-15-16-17-18-19-20-21-22-23-24-25-26-27-29-30-37(58)36(54-41(59)31-28-6-4-2)35-67-51-47(65)44(62)49(39(33-56)69-51)72-53-48(66)45(63)50(40(34-57)70-53)71-52-46(64)43(61)42(60)38(32-55)68-52/h29-30,36-40,42-53,55-58,60-66H,3-28,31-35H2,1-2H3,(H,54,59)/b30-29+. The van der Waals surface area contributed by atoms with Gasteiger partial charge in [0.15, 0.2) is 18.9 Å². The van der Waals surface area contributed by atoms with Crippen LogP contribution < -0.4 is 5.32 Å². The predicted octanol–water partition coefficient (Wildman–Crippen LogP) is 3.43. The van der Waals surface area contributed by atoms with Crippen LogP contribution >= 0.6 is 0 Å². The van der Waals surface area contributed by atoms with Crippen molar-refractivity contribution in [3.63, 3.8) is 0 Å². The molecule has 17 atom stereocenters. The van der Waals surface area contributed by atoms with Crippen LogP contribution in [-0.2, 0) is 33.2 Å². The van der Waals surface area contributed by atoms with Gasteiger partial charge in [0.25, 0.3) is 0 Å². The highest BCUT2D eigenvalue weighted by Crippen LogP contribution is 2.33. The Hall–Kier alpha value is -1.47. The van der Waals surface area contributed by atoms with Gasteiger partial charge in [-0.05, 0) is 19.3 Å². The van der Waals surface area contributed by atoms with E-state index < -0.39 is 124 Å². The number of hydrogen-bond donors (Lipinski definition) is 12. The summed E-state index contributed by atoms with van der Waals surface area (Å²) in [5.41, 5.74) is 0. The molecule has 0 radical (unpaired) electrons. The van der Waals surface area contributed by atoms with Crippen molar-refractivity contribution in [2.24, 2.45) is 0 Å². The summed E-state index contributed by atoms with van der Waals surface area (Å²) in [4.78, 5) is 12.9. The lowest BCUT2D eigenvalue weighted by atomic mass is 9.96. The maximum Gasteiger partial charge on any atom is 0.220 e. The first-order valence-electron chi connectivity index (χ1n) is 27.9. The van der Waals surface area contributed by atoms with Crippen LogP contribution in [0, 0.1) is 0 Å². The van der Waals surface area contributed by atoms with Crippen LogP contribution in [0.1, 0.15) is 187 Å². The van der Waals surface area contributed by atoms with Crippen molar-refractivity contribution in [3.05, 3.63) is 12.2 Å². The van der Waals surface area contributed by atoms with Gasteiger partial charge in [0.05, 0.1) is 38.6 Å². The smallest absolute Gasteiger partial charge is 0.220 e. The van der Waals surface area contributed by atoms with Gasteiger partial charge in [-0.15, -0.1) is 0 Å². The van der Waals surface area contributed by atoms with Crippen LogP contribution in [0.2, 0.25) is 0 Å². The number of aliphatic hydroxyl groups is 11. The molecular weight excluding hydrogens is 939 g/mol. The first-order valence-corrected chi connectivity index (χ1v) is 27.9. The van der Waals surface area contributed by atoms with Crippen LogP contribution in [0.4, 0.5) is 0 Å². The summed E-state index contributed by atoms with van der Waals surface area (Å²) in [5.74, 6) is -0.300. The number of hydrogen-bond acceptors (Lipinski definition) is 18. The molecule has 0 bridgehead atoms. The minimum atomic E-state index is -1.97. The molecule has 0 aliphatic carbocycles. The summed E-state index contributed by atoms with van der Waals surface area (Å²) in [7, 11) is 0. The molecule has 3 saturated heterocycles. The van der Waals surface area contributed by atoms with Crippen molar-refractivity contribution in [3.8, 4) is 0 Å². The minimum Gasteiger partial charge on any atom is -0.394 e. The van der Waals surface area contributed by atoms with Crippen molar-refractivity contribution in [1.29, 1.82) is 0 Å². The van der Waals surface area contributed by atoms with E-state index in [2.05, 4.69) is 12.2 Å². The van der Waals surface area contributed by atoms with Crippen LogP contribution in [0.25, 0.3) is 0 Å². The van der Waals surface area contributed by atoms with E-state index in [0.717, 1.165) is 38.5 Å². The Labute approximate surface area is 429 Å². The van der Waals surface area contributed by atoms with Gasteiger partial charge in [-0.25, -0.2) is 0 Å². The first kappa shape index (κ1) is 64.8. The third kappa shape index (κ3) is 23.0. The van der Waals surface area contributed by atoms with Gasteiger partial charge in [-0.3, -0.25) is 4.79 Å². The minimum absolute atomic E-state index is 0.231. The maximum atomic E-state index is 12.9. The fraction of sp³-hybridized carbons (Fsp3) is 0.943. The molecule has 0 aromatic carbocycles. The number of allylic oxidation sites excluding steroid dienone is 1. The van der Waals surface area contributed by atoms with Gasteiger partial charge in [-0.1, -0.05) is 174 Å². The Morgan fingerprint density at radius 1 is 0.486 bits per heavy atom. The average molecular weight is 1040 g/mol. The highest BCUT2D eigenvalue weighted by atomic mass is 16.8. The fourth-order valence-electron chi connectivity index (χ4n) is 9.66. The molecule has 3 aliphatic rings. The average Bonchev–Trinajstić information content (AvgIpc) is 3.37. The highest BCUT2D eigenvalue weighted by molar-refractivity contribution is 5.76. The molecule has 1 amide bonds. The lowest BCUT2D eigenvalue weighted by Crippen LogP contribution is -2.66. The van der Waals surface area contributed by atoms with E-state index in [1.54, 1.807) is 6.08 Å². The molecule has 3 fully saturated rings. The summed E-state index contributed by atoms with van der Waals surface area (Å²) in [6, 6.07) is -0.963. The Balaban J connectivity index is 1.39. The second-order valence-electron chi connectivity index (χ2n) is 20.4. The number of nitrogens with one attached hydrogen (secondary N) is 1. The van der Waals surface area contributed by atoms with Gasteiger partial charge in [-0.2, -0.15) is 0 Å². The number of ether oxygens (including phenoxy) is 6. The molecule has 0 spiro atoms. The molecule has 19 heteroatoms. The van der Waals surface area contributed by atoms with Gasteiger partial charge >= 0.3 is 0 Å². The van der Waals surface area contributed by atoms with E-state index in [1.165, 1.54) is 122 Å². The molecule has 17 unspecified atom stereocenters. The SMILES string of the molecule is CCCCCCCCCCCCCCCCCCCCCCCC/C=C/C(O)C(COC1OC(CO)C(OC2OC(CO)C(OC3OC(CO)C(O)C(O)C3O)C(O)C2O)C(O)C1O)NC(=O)CCCCC. The molecule has 0 saturated carbocycles. The molecular formula is C53H99NO18. The molecule has 0 aromatic heterocycles. The van der Waals surface area contributed by atoms with Crippen LogP contribution in [0.15, 0.2) is 12.2 Å². The zero-order valence-corrected chi connectivity index (χ0v) is 43.7. The van der Waals surface area contributed by atoms with Crippen LogP contribution in [-0.4, -0.2) is 193 Å². The van der Waals surface area contributed by atoms with E-state index in [9.17, 15) is 61.0 Å². The molecule has 3 rings (SSSR count). The van der Waals surface area contributed by atoms with Gasteiger partial charge < -0.3 is 89.9 Å². The monoisotopic (exact) mass is 1040 g/mol. The quantitative estimate of drug-likeness (QED) is 0.0309. The number of unbranched alkanes of at least 4 members (excludes halogenated alkanes) is 24. The van der Waals surface area contributed by atoms with Crippen molar-refractivity contribution in [2.75, 3.05) is 26.4 Å². The van der Waals surface area contributed by atoms with E-state index in [0.29, 0.717) is 6.42 Å². The fourth-order valence-corrected chi connectivity index (χ4v) is 9.66. The lowest BCUT2D eigenvalue weighted by Gasteiger charge is -2.48. The maximum absolute atomic E-state index is 12.9. The van der Waals surface area contributed by atoms with E-state index >= 15 is 0 Å². The van der Waals surface area contributed by atoms with E-state index in [1.807, 2.05) is 13.0 Å². The summed E-state index contributed by atoms with van der Waals surface area (Å²) >= 11 is 0. The summed E-state index contributed by atoms with van der Waals surface area (Å²) in [5, 5.41) is 119. The van der Waals surface area contributed by atoms with E-state index in [-0.39, 0.29) is 18.9 Å². The number of rotatable bonds is 40. The zero-order chi connectivity index (χ0) is 52.7. The normalized spacial score (nSPS) is 32.0. The van der Waals surface area contributed by atoms with Gasteiger partial charge in [0.2, 0.25) is 5.91 Å². The van der Waals surface area contributed by atoms with Crippen molar-refractivity contribution in [2.45, 2.75) is 291 Å². The summed E-state index contributed by atoms with van der Waals surface area (Å²) < 4.78 is 34.0. The largest absolute Gasteiger partial charge is 0.394 e. The van der Waals surface area contributed by atoms with Crippen LogP contribution in [0.5, 0.6) is 0 Å². The van der Waals surface area contributed by atoms with Crippen molar-refractivity contribution >= 4 is 5.91 Å². The Morgan fingerprint density at radius 2 is 0.861 bits per heavy atom. The second kappa shape index (κ2) is 38.1. The molecule has 3 heterocycles. The molecule has 19 nitrogen and oxygen atoms in total. The molecule has 424 valence electrons. The zero-order valence-electron chi connectivity index (χ0n) is 43.7. The first-order chi connectivity index (χ1) is 34.8. The Morgan fingerprint density at radius 3 is 1.31 bits per heavy atom. The number of aliphatic hydroxyl groups excluding tert-OH is 11. The Kier molecular flexibility index (Phi) is 34.3. The third-order valence-corrected chi connectivity index (χ3v) is 14.3. The number of carbonyl (C=O) groups is 1. The van der Waals surface area contributed by atoms with Gasteiger partial charge in [0.1, 0.15) is 73.2 Å². The topological polar surface area (TPSA) is 307 Å². The molecule has 3 aliphatic heterocycles. The van der Waals surface area contributed by atoms with E-state index in [4.69, 9.17) is 28.4 Å². The van der Waals surface area contributed by atoms with Crippen LogP contribution in [0.3, 0.4) is 0 Å². The van der Waals surface area contributed by atoms with Gasteiger partial charge in [0, 0.05) is 6.42 Å². The Bertz CT molecular complexity index is 1380. The lowest BCUT2D eigenvalue weighted by molar-refractivity contribution is -0.379. The molecule has 12 N–H and O–H groups in total. The second-order valence-corrected chi connectivity index (χ2v) is 20.4. The van der Waals surface area contributed by atoms with Crippen molar-refractivity contribution < 1.29 is 89.4 Å². The predicted molar refractivity (Wildman–Crippen MR) is 268 cm³/mol. The van der Waals surface area contributed by atoms with Crippen molar-refractivity contribution in [1.82, 2.24) is 5.32 Å². The third-order valence-electron chi connectivity index (χ3n) is 14.3. The summed E-state index contributed by atoms with van der Waals surface area (Å²) in [6.45, 7) is 1.52.